The van der Waals surface area contributed by atoms with Crippen LogP contribution in [0.3, 0.4) is 0 Å². The number of nitrogens with one attached hydrogen (secondary N) is 1. The number of nitrogens with two attached hydrogens (primary N) is 1. The fraction of sp³-hybridized carbons (Fsp3) is 0.538. The van der Waals surface area contributed by atoms with E-state index in [1.54, 1.807) is 0 Å². The van der Waals surface area contributed by atoms with E-state index in [-0.39, 0.29) is 18.6 Å². The van der Waals surface area contributed by atoms with E-state index < -0.39 is 0 Å². The van der Waals surface area contributed by atoms with Crippen LogP contribution in [0.5, 0.6) is 5.75 Å². The van der Waals surface area contributed by atoms with Gasteiger partial charge in [-0.25, -0.2) is 0 Å². The third-order valence-electron chi connectivity index (χ3n) is 2.89. The SMILES string of the molecule is CCOc1cccc(NC(C)C(C)CO)c1N. The van der Waals surface area contributed by atoms with Gasteiger partial charge >= 0.3 is 0 Å². The molecule has 2 unspecified atom stereocenters. The zero-order valence-corrected chi connectivity index (χ0v) is 10.7. The van der Waals surface area contributed by atoms with Gasteiger partial charge in [0, 0.05) is 12.6 Å². The molecule has 2 atom stereocenters. The van der Waals surface area contributed by atoms with Crippen LogP contribution < -0.4 is 15.8 Å². The van der Waals surface area contributed by atoms with Crippen LogP contribution >= 0.6 is 0 Å². The lowest BCUT2D eigenvalue weighted by atomic mass is 10.0. The van der Waals surface area contributed by atoms with Gasteiger partial charge in [-0.15, -0.1) is 0 Å². The smallest absolute Gasteiger partial charge is 0.144 e. The highest BCUT2D eigenvalue weighted by Gasteiger charge is 2.13. The number of ether oxygens (including phenoxy) is 1. The van der Waals surface area contributed by atoms with E-state index in [0.717, 1.165) is 5.69 Å². The zero-order valence-electron chi connectivity index (χ0n) is 10.7. The molecular formula is C13H22N2O2. The second-order valence-corrected chi connectivity index (χ2v) is 4.24. The largest absolute Gasteiger partial charge is 0.492 e. The molecule has 0 spiro atoms. The van der Waals surface area contributed by atoms with E-state index in [1.807, 2.05) is 39.0 Å². The normalized spacial score (nSPS) is 14.1. The summed E-state index contributed by atoms with van der Waals surface area (Å²) in [6.45, 7) is 6.68. The van der Waals surface area contributed by atoms with Crippen molar-refractivity contribution in [2.75, 3.05) is 24.3 Å². The number of rotatable bonds is 6. The maximum Gasteiger partial charge on any atom is 0.144 e. The third-order valence-corrected chi connectivity index (χ3v) is 2.89. The molecular weight excluding hydrogens is 216 g/mol. The minimum absolute atomic E-state index is 0.152. The summed E-state index contributed by atoms with van der Waals surface area (Å²) in [5, 5.41) is 12.4. The number of para-hydroxylation sites is 1. The first-order valence-corrected chi connectivity index (χ1v) is 5.98. The van der Waals surface area contributed by atoms with Crippen molar-refractivity contribution in [1.82, 2.24) is 0 Å². The van der Waals surface area contributed by atoms with E-state index in [1.165, 1.54) is 0 Å². The lowest BCUT2D eigenvalue weighted by molar-refractivity contribution is 0.226. The Hall–Kier alpha value is -1.42. The van der Waals surface area contributed by atoms with Gasteiger partial charge in [-0.1, -0.05) is 13.0 Å². The van der Waals surface area contributed by atoms with Crippen LogP contribution in [-0.2, 0) is 0 Å². The van der Waals surface area contributed by atoms with Gasteiger partial charge in [-0.3, -0.25) is 0 Å². The first kappa shape index (κ1) is 13.6. The molecule has 4 heteroatoms. The van der Waals surface area contributed by atoms with Crippen molar-refractivity contribution < 1.29 is 9.84 Å². The molecule has 1 rings (SSSR count). The lowest BCUT2D eigenvalue weighted by Gasteiger charge is -2.22. The molecule has 0 aromatic heterocycles. The van der Waals surface area contributed by atoms with Gasteiger partial charge in [0.15, 0.2) is 0 Å². The Labute approximate surface area is 103 Å². The molecule has 96 valence electrons. The Morgan fingerprint density at radius 1 is 1.41 bits per heavy atom. The number of anilines is 2. The second-order valence-electron chi connectivity index (χ2n) is 4.24. The molecule has 1 aromatic rings. The quantitative estimate of drug-likeness (QED) is 0.664. The molecule has 0 radical (unpaired) electrons. The van der Waals surface area contributed by atoms with Crippen molar-refractivity contribution in [3.05, 3.63) is 18.2 Å². The maximum absolute atomic E-state index is 9.10. The summed E-state index contributed by atoms with van der Waals surface area (Å²) in [6, 6.07) is 5.82. The Bertz CT molecular complexity index is 355. The number of aliphatic hydroxyl groups is 1. The van der Waals surface area contributed by atoms with Gasteiger partial charge in [0.25, 0.3) is 0 Å². The Balaban J connectivity index is 2.80. The highest BCUT2D eigenvalue weighted by atomic mass is 16.5. The molecule has 0 saturated carbocycles. The average Bonchev–Trinajstić information content (AvgIpc) is 2.33. The Morgan fingerprint density at radius 3 is 2.71 bits per heavy atom. The summed E-state index contributed by atoms with van der Waals surface area (Å²) in [7, 11) is 0. The van der Waals surface area contributed by atoms with Gasteiger partial charge < -0.3 is 20.9 Å². The minimum Gasteiger partial charge on any atom is -0.492 e. The van der Waals surface area contributed by atoms with Crippen LogP contribution in [0.1, 0.15) is 20.8 Å². The predicted molar refractivity (Wildman–Crippen MR) is 71.4 cm³/mol. The predicted octanol–water partition coefficient (Wildman–Crippen LogP) is 2.10. The molecule has 0 amide bonds. The highest BCUT2D eigenvalue weighted by molar-refractivity contribution is 5.73. The van der Waals surface area contributed by atoms with E-state index in [2.05, 4.69) is 5.32 Å². The van der Waals surface area contributed by atoms with E-state index in [0.29, 0.717) is 18.0 Å². The van der Waals surface area contributed by atoms with Crippen molar-refractivity contribution in [3.63, 3.8) is 0 Å². The zero-order chi connectivity index (χ0) is 12.8. The summed E-state index contributed by atoms with van der Waals surface area (Å²) >= 11 is 0. The molecule has 0 fully saturated rings. The number of hydrogen-bond donors (Lipinski definition) is 3. The van der Waals surface area contributed by atoms with Crippen LogP contribution in [-0.4, -0.2) is 24.4 Å². The van der Waals surface area contributed by atoms with Crippen LogP contribution in [0.15, 0.2) is 18.2 Å². The monoisotopic (exact) mass is 238 g/mol. The summed E-state index contributed by atoms with van der Waals surface area (Å²) in [6.07, 6.45) is 0. The molecule has 0 heterocycles. The Morgan fingerprint density at radius 2 is 2.12 bits per heavy atom. The van der Waals surface area contributed by atoms with Crippen molar-refractivity contribution in [1.29, 1.82) is 0 Å². The van der Waals surface area contributed by atoms with E-state index in [9.17, 15) is 0 Å². The molecule has 1 aromatic carbocycles. The first-order chi connectivity index (χ1) is 8.10. The van der Waals surface area contributed by atoms with Crippen LogP contribution in [0.25, 0.3) is 0 Å². The summed E-state index contributed by atoms with van der Waals surface area (Å²) in [5.74, 6) is 0.867. The van der Waals surface area contributed by atoms with Gasteiger partial charge in [0.1, 0.15) is 5.75 Å². The third kappa shape index (κ3) is 3.53. The molecule has 4 N–H and O–H groups in total. The minimum atomic E-state index is 0.152. The second kappa shape index (κ2) is 6.35. The van der Waals surface area contributed by atoms with E-state index in [4.69, 9.17) is 15.6 Å². The fourth-order valence-corrected chi connectivity index (χ4v) is 1.50. The number of aliphatic hydroxyl groups excluding tert-OH is 1. The van der Waals surface area contributed by atoms with Crippen LogP contribution in [0.4, 0.5) is 11.4 Å². The van der Waals surface area contributed by atoms with E-state index >= 15 is 0 Å². The van der Waals surface area contributed by atoms with Crippen molar-refractivity contribution >= 4 is 11.4 Å². The topological polar surface area (TPSA) is 67.5 Å². The summed E-state index contributed by atoms with van der Waals surface area (Å²) in [4.78, 5) is 0. The molecule has 0 aliphatic rings. The van der Waals surface area contributed by atoms with Crippen LogP contribution in [0.2, 0.25) is 0 Å². The molecule has 4 nitrogen and oxygen atoms in total. The van der Waals surface area contributed by atoms with Crippen molar-refractivity contribution in [2.24, 2.45) is 5.92 Å². The average molecular weight is 238 g/mol. The Kier molecular flexibility index (Phi) is 5.10. The van der Waals surface area contributed by atoms with Gasteiger partial charge in [-0.2, -0.15) is 0 Å². The van der Waals surface area contributed by atoms with Crippen LogP contribution in [0, 0.1) is 5.92 Å². The van der Waals surface area contributed by atoms with Gasteiger partial charge in [0.2, 0.25) is 0 Å². The highest BCUT2D eigenvalue weighted by Crippen LogP contribution is 2.30. The fourth-order valence-electron chi connectivity index (χ4n) is 1.50. The summed E-state index contributed by atoms with van der Waals surface area (Å²) < 4.78 is 5.43. The molecule has 0 aliphatic carbocycles. The first-order valence-electron chi connectivity index (χ1n) is 5.98. The van der Waals surface area contributed by atoms with Gasteiger partial charge in [0.05, 0.1) is 18.0 Å². The maximum atomic E-state index is 9.10. The standard InChI is InChI=1S/C13H22N2O2/c1-4-17-12-7-5-6-11(13(12)14)15-10(3)9(2)8-16/h5-7,9-10,15-16H,4,8,14H2,1-3H3. The molecule has 0 bridgehead atoms. The van der Waals surface area contributed by atoms with Crippen molar-refractivity contribution in [2.45, 2.75) is 26.8 Å². The van der Waals surface area contributed by atoms with Gasteiger partial charge in [-0.05, 0) is 31.9 Å². The number of benzene rings is 1. The molecule has 0 aliphatic heterocycles. The summed E-state index contributed by atoms with van der Waals surface area (Å²) in [5.41, 5.74) is 7.48. The lowest BCUT2D eigenvalue weighted by Crippen LogP contribution is -2.26. The van der Waals surface area contributed by atoms with Crippen molar-refractivity contribution in [3.8, 4) is 5.75 Å². The number of hydrogen-bond acceptors (Lipinski definition) is 4. The molecule has 17 heavy (non-hydrogen) atoms. The molecule has 0 saturated heterocycles. The number of nitrogen functional groups attached to an aromatic ring is 1.